The lowest BCUT2D eigenvalue weighted by Crippen LogP contribution is -2.31. The van der Waals surface area contributed by atoms with Gasteiger partial charge in [-0.05, 0) is 41.1 Å². The molecule has 136 valence electrons. The summed E-state index contributed by atoms with van der Waals surface area (Å²) >= 11 is 3.21. The van der Waals surface area contributed by atoms with Crippen LogP contribution in [0, 0.1) is 0 Å². The number of nitrogens with zero attached hydrogens (tertiary/aromatic N) is 2. The van der Waals surface area contributed by atoms with Crippen LogP contribution in [0.15, 0.2) is 66.0 Å². The van der Waals surface area contributed by atoms with E-state index in [-0.39, 0.29) is 5.91 Å². The Hall–Kier alpha value is -2.50. The summed E-state index contributed by atoms with van der Waals surface area (Å²) in [4.78, 5) is 20.8. The Morgan fingerprint density at radius 3 is 2.63 bits per heavy atom. The largest absolute Gasteiger partial charge is 0.283 e. The second kappa shape index (κ2) is 8.03. The van der Waals surface area contributed by atoms with Crippen molar-refractivity contribution in [3.8, 4) is 0 Å². The minimum absolute atomic E-state index is 0.0797. The molecule has 0 N–H and O–H groups in total. The molecule has 2 heterocycles. The van der Waals surface area contributed by atoms with Crippen molar-refractivity contribution in [2.24, 2.45) is 0 Å². The Morgan fingerprint density at radius 2 is 1.89 bits per heavy atom. The summed E-state index contributed by atoms with van der Waals surface area (Å²) in [5, 5.41) is 2.78. The maximum absolute atomic E-state index is 13.1. The van der Waals surface area contributed by atoms with Gasteiger partial charge in [0.15, 0.2) is 5.13 Å². The number of hydrogen-bond acceptors (Lipinski definition) is 4. The van der Waals surface area contributed by atoms with E-state index < -0.39 is 0 Å². The molecule has 0 aliphatic rings. The second-order valence-corrected chi connectivity index (χ2v) is 8.42. The zero-order chi connectivity index (χ0) is 18.6. The third-order valence-corrected chi connectivity index (χ3v) is 6.39. The molecule has 0 aliphatic carbocycles. The molecule has 0 unspecified atom stereocenters. The van der Waals surface area contributed by atoms with Crippen molar-refractivity contribution in [1.29, 1.82) is 0 Å². The standard InChI is InChI=1S/C22H20N2OS2/c1-2-16-10-11-19-20(13-16)27-22(23-19)24(15-17-7-4-3-5-8-17)21(25)14-18-9-6-12-26-18/h3-13H,2,14-15H2,1H3. The predicted molar refractivity (Wildman–Crippen MR) is 115 cm³/mol. The lowest BCUT2D eigenvalue weighted by molar-refractivity contribution is -0.118. The molecule has 1 amide bonds. The predicted octanol–water partition coefficient (Wildman–Crippen LogP) is 5.70. The van der Waals surface area contributed by atoms with E-state index in [2.05, 4.69) is 25.1 Å². The average molecular weight is 393 g/mol. The molecule has 2 aromatic heterocycles. The van der Waals surface area contributed by atoms with Crippen molar-refractivity contribution in [3.05, 3.63) is 82.0 Å². The normalized spacial score (nSPS) is 11.0. The van der Waals surface area contributed by atoms with E-state index in [1.807, 2.05) is 52.7 Å². The van der Waals surface area contributed by atoms with Crippen LogP contribution in [0.4, 0.5) is 5.13 Å². The summed E-state index contributed by atoms with van der Waals surface area (Å²) in [6.45, 7) is 2.68. The molecule has 0 bridgehead atoms. The number of benzene rings is 2. The fourth-order valence-electron chi connectivity index (χ4n) is 2.98. The molecule has 0 saturated heterocycles. The number of rotatable bonds is 6. The molecular weight excluding hydrogens is 372 g/mol. The Bertz CT molecular complexity index is 1040. The fourth-order valence-corrected chi connectivity index (χ4v) is 4.72. The first-order chi connectivity index (χ1) is 13.2. The van der Waals surface area contributed by atoms with Crippen molar-refractivity contribution in [2.45, 2.75) is 26.3 Å². The van der Waals surface area contributed by atoms with E-state index in [0.717, 1.165) is 32.2 Å². The van der Waals surface area contributed by atoms with Gasteiger partial charge in [0.1, 0.15) is 0 Å². The first-order valence-electron chi connectivity index (χ1n) is 8.99. The van der Waals surface area contributed by atoms with E-state index >= 15 is 0 Å². The number of carbonyl (C=O) groups excluding carboxylic acids is 1. The van der Waals surface area contributed by atoms with Crippen molar-refractivity contribution < 1.29 is 4.79 Å². The van der Waals surface area contributed by atoms with Gasteiger partial charge in [-0.2, -0.15) is 0 Å². The highest BCUT2D eigenvalue weighted by molar-refractivity contribution is 7.22. The minimum Gasteiger partial charge on any atom is -0.283 e. The molecule has 0 fully saturated rings. The fraction of sp³-hybridized carbons (Fsp3) is 0.182. The second-order valence-electron chi connectivity index (χ2n) is 6.37. The van der Waals surface area contributed by atoms with Crippen LogP contribution in [-0.2, 0) is 24.2 Å². The Balaban J connectivity index is 1.69. The topological polar surface area (TPSA) is 33.2 Å². The SMILES string of the molecule is CCc1ccc2nc(N(Cc3ccccc3)C(=O)Cc3cccs3)sc2c1. The highest BCUT2D eigenvalue weighted by Crippen LogP contribution is 2.31. The van der Waals surface area contributed by atoms with Gasteiger partial charge in [-0.3, -0.25) is 9.69 Å². The molecule has 0 spiro atoms. The maximum atomic E-state index is 13.1. The van der Waals surface area contributed by atoms with E-state index in [9.17, 15) is 4.79 Å². The number of carbonyl (C=O) groups is 1. The molecular formula is C22H20N2OS2. The Kier molecular flexibility index (Phi) is 5.32. The van der Waals surface area contributed by atoms with Crippen molar-refractivity contribution in [2.75, 3.05) is 4.90 Å². The Labute approximate surface area is 166 Å². The highest BCUT2D eigenvalue weighted by atomic mass is 32.1. The molecule has 0 atom stereocenters. The number of thiazole rings is 1. The lowest BCUT2D eigenvalue weighted by atomic mass is 10.2. The summed E-state index contributed by atoms with van der Waals surface area (Å²) < 4.78 is 1.13. The molecule has 4 aromatic rings. The summed E-state index contributed by atoms with van der Waals surface area (Å²) in [6, 6.07) is 20.4. The van der Waals surface area contributed by atoms with E-state index in [0.29, 0.717) is 13.0 Å². The van der Waals surface area contributed by atoms with E-state index in [4.69, 9.17) is 4.98 Å². The van der Waals surface area contributed by atoms with Gasteiger partial charge in [0, 0.05) is 4.88 Å². The van der Waals surface area contributed by atoms with Crippen LogP contribution >= 0.6 is 22.7 Å². The van der Waals surface area contributed by atoms with Gasteiger partial charge in [-0.25, -0.2) is 4.98 Å². The van der Waals surface area contributed by atoms with Crippen LogP contribution in [0.1, 0.15) is 22.9 Å². The molecule has 0 saturated carbocycles. The third kappa shape index (κ3) is 4.10. The van der Waals surface area contributed by atoms with Gasteiger partial charge >= 0.3 is 0 Å². The van der Waals surface area contributed by atoms with Crippen LogP contribution in [0.25, 0.3) is 10.2 Å². The van der Waals surface area contributed by atoms with Crippen LogP contribution in [0.2, 0.25) is 0 Å². The molecule has 3 nitrogen and oxygen atoms in total. The number of hydrogen-bond donors (Lipinski definition) is 0. The van der Waals surface area contributed by atoms with Gasteiger partial charge in [0.25, 0.3) is 0 Å². The number of fused-ring (bicyclic) bond motifs is 1. The van der Waals surface area contributed by atoms with Gasteiger partial charge < -0.3 is 0 Å². The average Bonchev–Trinajstić information content (AvgIpc) is 3.35. The number of amides is 1. The summed E-state index contributed by atoms with van der Waals surface area (Å²) in [6.07, 6.45) is 1.40. The van der Waals surface area contributed by atoms with E-state index in [1.54, 1.807) is 22.7 Å². The molecule has 0 aliphatic heterocycles. The van der Waals surface area contributed by atoms with Crippen LogP contribution in [0.3, 0.4) is 0 Å². The van der Waals surface area contributed by atoms with Gasteiger partial charge in [-0.15, -0.1) is 11.3 Å². The number of aryl methyl sites for hydroxylation is 1. The smallest absolute Gasteiger partial charge is 0.234 e. The zero-order valence-corrected chi connectivity index (χ0v) is 16.7. The van der Waals surface area contributed by atoms with Crippen molar-refractivity contribution in [3.63, 3.8) is 0 Å². The third-order valence-electron chi connectivity index (χ3n) is 4.47. The summed E-state index contributed by atoms with van der Waals surface area (Å²) in [5.41, 5.74) is 3.34. The van der Waals surface area contributed by atoms with E-state index in [1.165, 1.54) is 5.56 Å². The first-order valence-corrected chi connectivity index (χ1v) is 10.7. The van der Waals surface area contributed by atoms with Crippen LogP contribution in [-0.4, -0.2) is 10.9 Å². The van der Waals surface area contributed by atoms with Crippen LogP contribution in [0.5, 0.6) is 0 Å². The number of aromatic nitrogens is 1. The van der Waals surface area contributed by atoms with Crippen LogP contribution < -0.4 is 4.90 Å². The first kappa shape index (κ1) is 17.9. The summed E-state index contributed by atoms with van der Waals surface area (Å²) in [7, 11) is 0. The number of anilines is 1. The van der Waals surface area contributed by atoms with Gasteiger partial charge in [-0.1, -0.05) is 60.7 Å². The summed E-state index contributed by atoms with van der Waals surface area (Å²) in [5.74, 6) is 0.0797. The maximum Gasteiger partial charge on any atom is 0.234 e. The van der Waals surface area contributed by atoms with Gasteiger partial charge in [0.2, 0.25) is 5.91 Å². The minimum atomic E-state index is 0.0797. The van der Waals surface area contributed by atoms with Gasteiger partial charge in [0.05, 0.1) is 23.2 Å². The van der Waals surface area contributed by atoms with Crippen molar-refractivity contribution >= 4 is 43.9 Å². The molecule has 4 rings (SSSR count). The molecule has 2 aromatic carbocycles. The monoisotopic (exact) mass is 392 g/mol. The molecule has 5 heteroatoms. The molecule has 0 radical (unpaired) electrons. The molecule has 27 heavy (non-hydrogen) atoms. The number of thiophene rings is 1. The highest BCUT2D eigenvalue weighted by Gasteiger charge is 2.21. The zero-order valence-electron chi connectivity index (χ0n) is 15.1. The van der Waals surface area contributed by atoms with Crippen molar-refractivity contribution in [1.82, 2.24) is 4.98 Å². The quantitative estimate of drug-likeness (QED) is 0.422. The Morgan fingerprint density at radius 1 is 1.04 bits per heavy atom. The lowest BCUT2D eigenvalue weighted by Gasteiger charge is -2.19.